The Bertz CT molecular complexity index is 2060. The van der Waals surface area contributed by atoms with Crippen molar-refractivity contribution in [3.8, 4) is 0 Å². The summed E-state index contributed by atoms with van der Waals surface area (Å²) in [5.74, 6) is -0.433. The minimum atomic E-state index is -0.433. The van der Waals surface area contributed by atoms with Crippen molar-refractivity contribution in [2.45, 2.75) is 12.3 Å². The Morgan fingerprint density at radius 3 is 2.18 bits per heavy atom. The van der Waals surface area contributed by atoms with Crippen LogP contribution in [0, 0.1) is 7.43 Å². The average molecular weight is 510 g/mol. The molecule has 0 saturated carbocycles. The minimum absolute atomic E-state index is 0. The first-order valence-corrected chi connectivity index (χ1v) is 12.8. The third kappa shape index (κ3) is 2.63. The van der Waals surface area contributed by atoms with Crippen LogP contribution in [0.15, 0.2) is 96.5 Å². The Morgan fingerprint density at radius 1 is 0.744 bits per heavy atom. The van der Waals surface area contributed by atoms with Gasteiger partial charge in [-0.15, -0.1) is 0 Å². The van der Waals surface area contributed by atoms with E-state index < -0.39 is 5.91 Å². The molecule has 0 aliphatic carbocycles. The van der Waals surface area contributed by atoms with Gasteiger partial charge in [0.1, 0.15) is 0 Å². The number of allylic oxidation sites excluding steroid dienone is 5. The summed E-state index contributed by atoms with van der Waals surface area (Å²) < 4.78 is 9.92. The lowest BCUT2D eigenvalue weighted by Crippen LogP contribution is -2.69. The Balaban J connectivity index is 0.000000144. The number of aldehydes is 1. The van der Waals surface area contributed by atoms with Gasteiger partial charge in [0.2, 0.25) is 22.8 Å². The molecular weight excluding hydrogens is 484 g/mol. The molecule has 188 valence electrons. The maximum absolute atomic E-state index is 10.4. The second-order valence-corrected chi connectivity index (χ2v) is 10.2. The molecule has 10 rings (SSSR count). The van der Waals surface area contributed by atoms with Crippen molar-refractivity contribution in [3.63, 3.8) is 0 Å². The van der Waals surface area contributed by atoms with Crippen molar-refractivity contribution in [2.75, 3.05) is 0 Å². The van der Waals surface area contributed by atoms with Crippen molar-refractivity contribution in [2.24, 2.45) is 0 Å². The maximum atomic E-state index is 10.4. The van der Waals surface area contributed by atoms with Gasteiger partial charge >= 0.3 is 5.91 Å². The van der Waals surface area contributed by atoms with E-state index in [9.17, 15) is 4.79 Å². The summed E-state index contributed by atoms with van der Waals surface area (Å²) in [7, 11) is 0. The number of aromatic amines is 2. The largest absolute Gasteiger partial charge is 0.553 e. The zero-order chi connectivity index (χ0) is 25.0. The third-order valence-corrected chi connectivity index (χ3v) is 8.09. The predicted molar refractivity (Wildman–Crippen MR) is 151 cm³/mol. The fourth-order valence-electron chi connectivity index (χ4n) is 6.68. The highest BCUT2D eigenvalue weighted by Gasteiger charge is 2.69. The summed E-state index contributed by atoms with van der Waals surface area (Å²) in [6.45, 7) is 0. The molecule has 7 nitrogen and oxygen atoms in total. The Morgan fingerprint density at radius 2 is 1.46 bits per heavy atom. The number of rotatable bonds is 3. The zero-order valence-corrected chi connectivity index (χ0v) is 21.3. The zero-order valence-electron chi connectivity index (χ0n) is 21.3. The summed E-state index contributed by atoms with van der Waals surface area (Å²) >= 11 is 0. The topological polar surface area (TPSA) is 64.5 Å². The summed E-state index contributed by atoms with van der Waals surface area (Å²) in [5.41, 5.74) is 10.3. The van der Waals surface area contributed by atoms with Crippen LogP contribution in [0.5, 0.6) is 0 Å². The Kier molecular flexibility index (Phi) is 4.18. The molecule has 1 unspecified atom stereocenters. The van der Waals surface area contributed by atoms with Crippen LogP contribution < -0.4 is 10.7 Å². The number of carbonyl (C=O) groups is 1. The summed E-state index contributed by atoms with van der Waals surface area (Å²) in [6, 6.07) is 16.6. The van der Waals surface area contributed by atoms with Crippen LogP contribution in [-0.2, 0) is 12.3 Å². The number of carbonyl (C=O) groups excluding carboxylic acids is 1. The standard InChI is InChI=1S/C21H12N4.C10H10N2O.CH3/c1-2-14-10-16-5-6-18-12-20-8-7-19-11-17-4-3-15-9-13(1)22(14)21(23(15)17,24(16)18)25(19)20;13-7-10-4-3-9(12-10)6-8-2-1-5-11-8;/h1-12H;1-5,7,11-12H,6H2;1H3/q+2;;-1. The third-order valence-electron chi connectivity index (χ3n) is 8.09. The van der Waals surface area contributed by atoms with E-state index in [0.29, 0.717) is 5.69 Å². The quantitative estimate of drug-likeness (QED) is 0.249. The smallest absolute Gasteiger partial charge is 0.365 e. The van der Waals surface area contributed by atoms with Gasteiger partial charge in [-0.2, -0.15) is 9.13 Å². The molecule has 4 aromatic rings. The first-order valence-electron chi connectivity index (χ1n) is 12.8. The van der Waals surface area contributed by atoms with E-state index in [1.54, 1.807) is 6.07 Å². The van der Waals surface area contributed by atoms with E-state index in [0.717, 1.165) is 24.1 Å². The number of nitrogens with one attached hydrogen (secondary N) is 2. The van der Waals surface area contributed by atoms with Gasteiger partial charge in [-0.1, -0.05) is 9.15 Å². The van der Waals surface area contributed by atoms with Crippen molar-refractivity contribution in [1.29, 1.82) is 0 Å². The Hall–Kier alpha value is -5.17. The number of H-pyrrole nitrogens is 2. The first-order chi connectivity index (χ1) is 18.7. The van der Waals surface area contributed by atoms with Gasteiger partial charge < -0.3 is 17.4 Å². The van der Waals surface area contributed by atoms with Gasteiger partial charge in [-0.25, -0.2) is 0 Å². The molecule has 2 N–H and O–H groups in total. The molecule has 7 heteroatoms. The normalized spacial score (nSPS) is 20.7. The molecule has 0 fully saturated rings. The van der Waals surface area contributed by atoms with E-state index in [1.165, 1.54) is 44.9 Å². The van der Waals surface area contributed by atoms with Crippen molar-refractivity contribution >= 4 is 35.9 Å². The molecule has 0 amide bonds. The number of nitrogens with zero attached hydrogens (tertiary/aromatic N) is 4. The fraction of sp³-hybridized carbons (Fsp3) is 0.0625. The Labute approximate surface area is 224 Å². The molecule has 0 radical (unpaired) electrons. The fourth-order valence-corrected chi connectivity index (χ4v) is 6.68. The van der Waals surface area contributed by atoms with E-state index in [-0.39, 0.29) is 7.43 Å². The number of hydrogen-bond acceptors (Lipinski definition) is 1. The molecule has 39 heavy (non-hydrogen) atoms. The van der Waals surface area contributed by atoms with Crippen LogP contribution in [0.3, 0.4) is 0 Å². The van der Waals surface area contributed by atoms with Gasteiger partial charge in [0.05, 0.1) is 33.9 Å². The van der Waals surface area contributed by atoms with E-state index in [2.05, 4.69) is 101 Å². The number of hydrogen-bond donors (Lipinski definition) is 2. The lowest BCUT2D eigenvalue weighted by molar-refractivity contribution is -0.836. The minimum Gasteiger partial charge on any atom is -0.365 e. The van der Waals surface area contributed by atoms with Crippen LogP contribution >= 0.6 is 0 Å². The van der Waals surface area contributed by atoms with Crippen LogP contribution in [0.4, 0.5) is 0 Å². The molecule has 6 aliphatic heterocycles. The van der Waals surface area contributed by atoms with Crippen LogP contribution in [0.25, 0.3) is 18.2 Å². The molecular formula is C32H25N6O+. The highest BCUT2D eigenvalue weighted by Crippen LogP contribution is 2.43. The van der Waals surface area contributed by atoms with Gasteiger partial charge in [0.15, 0.2) is 6.29 Å². The molecule has 6 aliphatic rings. The van der Waals surface area contributed by atoms with Crippen LogP contribution in [0.1, 0.15) is 33.3 Å². The lowest BCUT2D eigenvalue weighted by Gasteiger charge is -2.37. The highest BCUT2D eigenvalue weighted by molar-refractivity contribution is 6.16. The van der Waals surface area contributed by atoms with Gasteiger partial charge in [0.25, 0.3) is 0 Å². The average Bonchev–Trinajstić information content (AvgIpc) is 3.76. The van der Waals surface area contributed by atoms with Crippen LogP contribution in [0.2, 0.25) is 0 Å². The summed E-state index contributed by atoms with van der Waals surface area (Å²) in [5, 5.41) is 2.51. The second kappa shape index (κ2) is 7.45. The van der Waals surface area contributed by atoms with E-state index in [1.807, 2.05) is 24.4 Å². The molecule has 1 spiro atoms. The monoisotopic (exact) mass is 509 g/mol. The summed E-state index contributed by atoms with van der Waals surface area (Å²) in [6.07, 6.45) is 21.6. The summed E-state index contributed by atoms with van der Waals surface area (Å²) in [4.78, 5) is 16.5. The van der Waals surface area contributed by atoms with Gasteiger partial charge in [0, 0.05) is 60.5 Å². The highest BCUT2D eigenvalue weighted by atomic mass is 16.1. The maximum Gasteiger partial charge on any atom is 0.553 e. The predicted octanol–water partition coefficient (Wildman–Crippen LogP) is 2.84. The molecule has 1 atom stereocenters. The first kappa shape index (κ1) is 21.9. The van der Waals surface area contributed by atoms with Crippen molar-refractivity contribution < 1.29 is 13.9 Å². The molecule has 0 aromatic carbocycles. The molecule has 10 heterocycles. The molecule has 4 aromatic heterocycles. The van der Waals surface area contributed by atoms with Gasteiger partial charge in [-0.05, 0) is 54.6 Å². The van der Waals surface area contributed by atoms with E-state index in [4.69, 9.17) is 0 Å². The van der Waals surface area contributed by atoms with Crippen molar-refractivity contribution in [3.05, 3.63) is 143 Å². The number of aromatic nitrogens is 4. The SMILES string of the molecule is C1=CC2=[N+]3C1=Cc1ccc4n1C31n3c(ccc3=C4)=CC3=[N+]1C(=C2)C=C3.O=Cc1ccc(Cc2ccc[nH]2)[nH]1.[CH3-]. The lowest BCUT2D eigenvalue weighted by atomic mass is 10.1. The van der Waals surface area contributed by atoms with Crippen LogP contribution in [-0.4, -0.2) is 46.0 Å². The van der Waals surface area contributed by atoms with E-state index >= 15 is 0 Å². The second-order valence-electron chi connectivity index (χ2n) is 10.2. The molecule has 0 saturated heterocycles. The van der Waals surface area contributed by atoms with Crippen molar-refractivity contribution in [1.82, 2.24) is 19.1 Å². The molecule has 0 bridgehead atoms. The van der Waals surface area contributed by atoms with Gasteiger partial charge in [-0.3, -0.25) is 4.79 Å².